The van der Waals surface area contributed by atoms with E-state index in [1.165, 1.54) is 17.0 Å². The van der Waals surface area contributed by atoms with Gasteiger partial charge in [0.1, 0.15) is 12.6 Å². The van der Waals surface area contributed by atoms with Crippen LogP contribution in [0.25, 0.3) is 0 Å². The molecule has 0 fully saturated rings. The average molecular weight is 522 g/mol. The second kappa shape index (κ2) is 12.1. The first-order valence-electron chi connectivity index (χ1n) is 12.3. The summed E-state index contributed by atoms with van der Waals surface area (Å²) in [5, 5.41) is 2.77. The summed E-state index contributed by atoms with van der Waals surface area (Å²) in [6.45, 7) is 9.30. The number of aryl methyl sites for hydroxylation is 2. The van der Waals surface area contributed by atoms with E-state index in [0.29, 0.717) is 12.2 Å². The maximum atomic E-state index is 13.9. The second-order valence-corrected chi connectivity index (χ2v) is 10.9. The van der Waals surface area contributed by atoms with E-state index in [0.717, 1.165) is 26.6 Å². The number of hydrogen-bond donors (Lipinski definition) is 1. The topological polar surface area (TPSA) is 86.8 Å². The summed E-state index contributed by atoms with van der Waals surface area (Å²) in [7, 11) is -4.07. The van der Waals surface area contributed by atoms with Crippen LogP contribution in [0.5, 0.6) is 0 Å². The fraction of sp³-hybridized carbons (Fsp3) is 0.310. The Morgan fingerprint density at radius 3 is 2.14 bits per heavy atom. The van der Waals surface area contributed by atoms with Crippen molar-refractivity contribution in [2.45, 2.75) is 52.1 Å². The molecular formula is C29H35N3O4S. The quantitative estimate of drug-likeness (QED) is 0.430. The molecule has 0 aliphatic heterocycles. The van der Waals surface area contributed by atoms with Crippen LogP contribution in [0.15, 0.2) is 77.7 Å². The molecule has 2 amide bonds. The molecule has 3 rings (SSSR count). The Morgan fingerprint density at radius 2 is 1.49 bits per heavy atom. The number of likely N-dealkylation sites (N-methyl/N-ethyl adjacent to an activating group) is 1. The highest BCUT2D eigenvalue weighted by atomic mass is 32.2. The van der Waals surface area contributed by atoms with Gasteiger partial charge in [0, 0.05) is 13.1 Å². The third-order valence-corrected chi connectivity index (χ3v) is 8.35. The van der Waals surface area contributed by atoms with Crippen LogP contribution in [0.2, 0.25) is 0 Å². The zero-order valence-corrected chi connectivity index (χ0v) is 22.9. The van der Waals surface area contributed by atoms with Gasteiger partial charge < -0.3 is 10.2 Å². The van der Waals surface area contributed by atoms with Gasteiger partial charge in [0.25, 0.3) is 10.0 Å². The van der Waals surface area contributed by atoms with E-state index in [9.17, 15) is 18.0 Å². The Balaban J connectivity index is 2.08. The molecule has 3 aromatic carbocycles. The van der Waals surface area contributed by atoms with Crippen LogP contribution < -0.4 is 9.62 Å². The van der Waals surface area contributed by atoms with Crippen molar-refractivity contribution in [3.05, 3.63) is 95.1 Å². The molecule has 0 bridgehead atoms. The van der Waals surface area contributed by atoms with Gasteiger partial charge in [-0.2, -0.15) is 0 Å². The Bertz CT molecular complexity index is 1360. The molecule has 7 nitrogen and oxygen atoms in total. The number of benzene rings is 3. The van der Waals surface area contributed by atoms with E-state index < -0.39 is 28.5 Å². The lowest BCUT2D eigenvalue weighted by Crippen LogP contribution is -2.51. The maximum Gasteiger partial charge on any atom is 0.264 e. The number of hydrogen-bond acceptors (Lipinski definition) is 4. The van der Waals surface area contributed by atoms with Crippen molar-refractivity contribution in [3.63, 3.8) is 0 Å². The maximum absolute atomic E-state index is 13.9. The van der Waals surface area contributed by atoms with Crippen molar-refractivity contribution in [1.29, 1.82) is 0 Å². The number of nitrogens with one attached hydrogen (secondary N) is 1. The zero-order chi connectivity index (χ0) is 27.2. The summed E-state index contributed by atoms with van der Waals surface area (Å²) in [6.07, 6.45) is 0. The minimum absolute atomic E-state index is 0.0888. The molecule has 0 heterocycles. The number of amides is 2. The van der Waals surface area contributed by atoms with Gasteiger partial charge in [0.15, 0.2) is 0 Å². The van der Waals surface area contributed by atoms with Crippen molar-refractivity contribution < 1.29 is 18.0 Å². The van der Waals surface area contributed by atoms with E-state index in [2.05, 4.69) is 5.32 Å². The van der Waals surface area contributed by atoms with Gasteiger partial charge in [-0.1, -0.05) is 54.6 Å². The van der Waals surface area contributed by atoms with Gasteiger partial charge in [-0.3, -0.25) is 13.9 Å². The first-order valence-corrected chi connectivity index (χ1v) is 13.8. The summed E-state index contributed by atoms with van der Waals surface area (Å²) in [5.74, 6) is -0.768. The summed E-state index contributed by atoms with van der Waals surface area (Å²) in [5.41, 5.74) is 3.96. The first kappa shape index (κ1) is 27.9. The van der Waals surface area contributed by atoms with Crippen LogP contribution in [0.1, 0.15) is 36.1 Å². The van der Waals surface area contributed by atoms with Crippen molar-refractivity contribution in [3.8, 4) is 0 Å². The SMILES string of the molecule is CCNC(=O)C(C)N(Cc1ccccc1C)C(=O)CN(c1cccc(C)c1C)S(=O)(=O)c1ccccc1. The molecule has 3 aromatic rings. The van der Waals surface area contributed by atoms with E-state index in [1.807, 2.05) is 58.0 Å². The van der Waals surface area contributed by atoms with E-state index in [1.54, 1.807) is 37.3 Å². The average Bonchev–Trinajstić information content (AvgIpc) is 2.88. The highest BCUT2D eigenvalue weighted by Gasteiger charge is 2.33. The molecule has 8 heteroatoms. The van der Waals surface area contributed by atoms with Gasteiger partial charge in [0.2, 0.25) is 11.8 Å². The Morgan fingerprint density at radius 1 is 0.865 bits per heavy atom. The minimum atomic E-state index is -4.07. The molecule has 37 heavy (non-hydrogen) atoms. The van der Waals surface area contributed by atoms with E-state index in [-0.39, 0.29) is 17.3 Å². The highest BCUT2D eigenvalue weighted by Crippen LogP contribution is 2.29. The molecule has 1 N–H and O–H groups in total. The van der Waals surface area contributed by atoms with Crippen molar-refractivity contribution in [2.24, 2.45) is 0 Å². The normalized spacial score (nSPS) is 12.0. The van der Waals surface area contributed by atoms with Crippen molar-refractivity contribution >= 4 is 27.5 Å². The molecule has 1 atom stereocenters. The van der Waals surface area contributed by atoms with Gasteiger partial charge >= 0.3 is 0 Å². The summed E-state index contributed by atoms with van der Waals surface area (Å²) < 4.78 is 28.9. The lowest BCUT2D eigenvalue weighted by Gasteiger charge is -2.32. The number of carbonyl (C=O) groups is 2. The van der Waals surface area contributed by atoms with Crippen LogP contribution in [0.4, 0.5) is 5.69 Å². The highest BCUT2D eigenvalue weighted by molar-refractivity contribution is 7.92. The largest absolute Gasteiger partial charge is 0.355 e. The fourth-order valence-electron chi connectivity index (χ4n) is 4.11. The fourth-order valence-corrected chi connectivity index (χ4v) is 5.61. The molecule has 0 saturated carbocycles. The number of nitrogens with zero attached hydrogens (tertiary/aromatic N) is 2. The van der Waals surface area contributed by atoms with Crippen molar-refractivity contribution in [2.75, 3.05) is 17.4 Å². The molecule has 196 valence electrons. The monoisotopic (exact) mass is 521 g/mol. The van der Waals surface area contributed by atoms with Crippen LogP contribution in [0, 0.1) is 20.8 Å². The molecule has 0 radical (unpaired) electrons. The smallest absolute Gasteiger partial charge is 0.264 e. The Hall–Kier alpha value is -3.65. The number of anilines is 1. The number of sulfonamides is 1. The molecule has 0 saturated heterocycles. The summed E-state index contributed by atoms with van der Waals surface area (Å²) in [4.78, 5) is 28.2. The molecule has 0 aliphatic carbocycles. The van der Waals surface area contributed by atoms with E-state index in [4.69, 9.17) is 0 Å². The third-order valence-electron chi connectivity index (χ3n) is 6.58. The molecule has 0 aromatic heterocycles. The lowest BCUT2D eigenvalue weighted by atomic mass is 10.1. The van der Waals surface area contributed by atoms with Crippen LogP contribution >= 0.6 is 0 Å². The number of rotatable bonds is 10. The molecule has 0 spiro atoms. The zero-order valence-electron chi connectivity index (χ0n) is 22.1. The second-order valence-electron chi connectivity index (χ2n) is 9.06. The lowest BCUT2D eigenvalue weighted by molar-refractivity contribution is -0.139. The van der Waals surface area contributed by atoms with Gasteiger partial charge in [-0.25, -0.2) is 8.42 Å². The first-order chi connectivity index (χ1) is 17.6. The minimum Gasteiger partial charge on any atom is -0.355 e. The summed E-state index contributed by atoms with van der Waals surface area (Å²) >= 11 is 0. The van der Waals surface area contributed by atoms with E-state index >= 15 is 0 Å². The third kappa shape index (κ3) is 6.38. The van der Waals surface area contributed by atoms with Crippen molar-refractivity contribution in [1.82, 2.24) is 10.2 Å². The van der Waals surface area contributed by atoms with Gasteiger partial charge in [0.05, 0.1) is 10.6 Å². The predicted molar refractivity (Wildman–Crippen MR) is 147 cm³/mol. The Kier molecular flexibility index (Phi) is 9.10. The standard InChI is InChI=1S/C29H35N3O4S/c1-6-30-29(34)24(5)31(19-25-15-11-10-13-22(25)3)28(33)20-32(27-18-12-14-21(2)23(27)4)37(35,36)26-16-8-7-9-17-26/h7-18,24H,6,19-20H2,1-5H3,(H,30,34). The van der Waals surface area contributed by atoms with Crippen LogP contribution in [-0.4, -0.2) is 44.3 Å². The predicted octanol–water partition coefficient (Wildman–Crippen LogP) is 4.36. The molecule has 0 aliphatic rings. The summed E-state index contributed by atoms with van der Waals surface area (Å²) in [6, 6.07) is 20.3. The molecular weight excluding hydrogens is 486 g/mol. The molecule has 1 unspecified atom stereocenters. The van der Waals surface area contributed by atoms with Gasteiger partial charge in [-0.05, 0) is 75.1 Å². The van der Waals surface area contributed by atoms with Gasteiger partial charge in [-0.15, -0.1) is 0 Å². The number of carbonyl (C=O) groups excluding carboxylic acids is 2. The Labute approximate surface area is 220 Å². The van der Waals surface area contributed by atoms with Crippen LogP contribution in [0.3, 0.4) is 0 Å². The van der Waals surface area contributed by atoms with Crippen LogP contribution in [-0.2, 0) is 26.2 Å².